The Morgan fingerprint density at radius 2 is 1.76 bits per heavy atom. The number of esters is 1. The van der Waals surface area contributed by atoms with E-state index in [2.05, 4.69) is 4.74 Å². The van der Waals surface area contributed by atoms with E-state index in [0.717, 1.165) is 0 Å². The van der Waals surface area contributed by atoms with Gasteiger partial charge in [0, 0.05) is 6.42 Å². The van der Waals surface area contributed by atoms with E-state index in [4.69, 9.17) is 4.55 Å². The lowest BCUT2D eigenvalue weighted by Gasteiger charge is -2.23. The van der Waals surface area contributed by atoms with Crippen molar-refractivity contribution in [2.75, 3.05) is 6.61 Å². The molecule has 0 fully saturated rings. The molecule has 0 rings (SSSR count). The first-order chi connectivity index (χ1) is 7.45. The first kappa shape index (κ1) is 16.1. The van der Waals surface area contributed by atoms with Crippen molar-refractivity contribution >= 4 is 16.1 Å². The Morgan fingerprint density at radius 1 is 1.29 bits per heavy atom. The van der Waals surface area contributed by atoms with Crippen molar-refractivity contribution in [3.8, 4) is 0 Å². The van der Waals surface area contributed by atoms with Gasteiger partial charge >= 0.3 is 27.3 Å². The SMILES string of the molecule is CCOC(=O)CCC(F)(F)C(F)(F)S(=O)(=O)O. The van der Waals surface area contributed by atoms with E-state index in [9.17, 15) is 30.8 Å². The molecule has 0 aliphatic rings. The van der Waals surface area contributed by atoms with E-state index in [1.165, 1.54) is 6.92 Å². The second kappa shape index (κ2) is 5.17. The normalized spacial score (nSPS) is 13.5. The Balaban J connectivity index is 4.75. The molecule has 0 aromatic rings. The van der Waals surface area contributed by atoms with Crippen LogP contribution in [-0.4, -0.2) is 36.7 Å². The molecule has 10 heteroatoms. The Labute approximate surface area is 94.5 Å². The average molecular weight is 282 g/mol. The zero-order valence-corrected chi connectivity index (χ0v) is 9.44. The third-order valence-electron chi connectivity index (χ3n) is 1.70. The minimum atomic E-state index is -6.26. The second-order valence-electron chi connectivity index (χ2n) is 3.00. The molecule has 102 valence electrons. The second-order valence-corrected chi connectivity index (χ2v) is 4.46. The smallest absolute Gasteiger partial charge is 0.431 e. The summed E-state index contributed by atoms with van der Waals surface area (Å²) in [6.07, 6.45) is -2.84. The molecular formula is C7H10F4O5S. The molecule has 0 saturated carbocycles. The van der Waals surface area contributed by atoms with Gasteiger partial charge in [0.05, 0.1) is 13.0 Å². The van der Waals surface area contributed by atoms with Crippen LogP contribution in [0.25, 0.3) is 0 Å². The minimum Gasteiger partial charge on any atom is -0.466 e. The Morgan fingerprint density at radius 3 is 2.12 bits per heavy atom. The highest BCUT2D eigenvalue weighted by molar-refractivity contribution is 7.87. The lowest BCUT2D eigenvalue weighted by Crippen LogP contribution is -2.47. The van der Waals surface area contributed by atoms with Crippen molar-refractivity contribution in [2.45, 2.75) is 30.9 Å². The van der Waals surface area contributed by atoms with Gasteiger partial charge in [0.1, 0.15) is 0 Å². The fourth-order valence-corrected chi connectivity index (χ4v) is 1.31. The number of rotatable bonds is 6. The van der Waals surface area contributed by atoms with Crippen LogP contribution in [0.2, 0.25) is 0 Å². The molecule has 0 aromatic heterocycles. The van der Waals surface area contributed by atoms with E-state index >= 15 is 0 Å². The molecule has 0 unspecified atom stereocenters. The van der Waals surface area contributed by atoms with E-state index in [-0.39, 0.29) is 6.61 Å². The van der Waals surface area contributed by atoms with E-state index in [1.807, 2.05) is 0 Å². The van der Waals surface area contributed by atoms with Crippen molar-refractivity contribution in [3.63, 3.8) is 0 Å². The molecule has 5 nitrogen and oxygen atoms in total. The maximum Gasteiger partial charge on any atom is 0.431 e. The largest absolute Gasteiger partial charge is 0.466 e. The molecule has 0 aliphatic carbocycles. The molecule has 0 saturated heterocycles. The van der Waals surface area contributed by atoms with Crippen LogP contribution in [0, 0.1) is 0 Å². The number of hydrogen-bond donors (Lipinski definition) is 1. The summed E-state index contributed by atoms with van der Waals surface area (Å²) in [5.41, 5.74) is 0. The van der Waals surface area contributed by atoms with Gasteiger partial charge in [-0.2, -0.15) is 26.0 Å². The van der Waals surface area contributed by atoms with Crippen LogP contribution in [0.4, 0.5) is 17.6 Å². The van der Waals surface area contributed by atoms with Crippen molar-refractivity contribution in [2.24, 2.45) is 0 Å². The van der Waals surface area contributed by atoms with Crippen LogP contribution < -0.4 is 0 Å². The molecule has 0 aromatic carbocycles. The standard InChI is InChI=1S/C7H10F4O5S/c1-2-16-5(12)3-4-6(8,9)7(10,11)17(13,14)15/h2-4H2,1H3,(H,13,14,15). The number of ether oxygens (including phenoxy) is 1. The molecular weight excluding hydrogens is 272 g/mol. The molecule has 0 atom stereocenters. The first-order valence-corrected chi connectivity index (χ1v) is 5.78. The molecule has 0 aliphatic heterocycles. The van der Waals surface area contributed by atoms with Crippen LogP contribution in [0.15, 0.2) is 0 Å². The summed E-state index contributed by atoms with van der Waals surface area (Å²) in [5.74, 6) is -6.23. The quantitative estimate of drug-likeness (QED) is 0.453. The predicted octanol–water partition coefficient (Wildman–Crippen LogP) is 1.45. The molecule has 0 radical (unpaired) electrons. The van der Waals surface area contributed by atoms with E-state index in [1.54, 1.807) is 0 Å². The number of carbonyl (C=O) groups is 1. The number of alkyl halides is 4. The monoisotopic (exact) mass is 282 g/mol. The molecule has 0 heterocycles. The Bertz CT molecular complexity index is 378. The van der Waals surface area contributed by atoms with Gasteiger partial charge in [-0.05, 0) is 6.92 Å². The Hall–Kier alpha value is -0.900. The van der Waals surface area contributed by atoms with E-state index < -0.39 is 40.1 Å². The highest BCUT2D eigenvalue weighted by atomic mass is 32.2. The highest BCUT2D eigenvalue weighted by Crippen LogP contribution is 2.41. The minimum absolute atomic E-state index is 0.126. The summed E-state index contributed by atoms with van der Waals surface area (Å²) in [7, 11) is -6.26. The van der Waals surface area contributed by atoms with Crippen molar-refractivity contribution < 1.29 is 40.1 Å². The molecule has 0 spiro atoms. The van der Waals surface area contributed by atoms with Gasteiger partial charge in [0.2, 0.25) is 0 Å². The van der Waals surface area contributed by atoms with Gasteiger partial charge in [-0.15, -0.1) is 0 Å². The van der Waals surface area contributed by atoms with Crippen LogP contribution in [0.5, 0.6) is 0 Å². The average Bonchev–Trinajstić information content (AvgIpc) is 2.13. The van der Waals surface area contributed by atoms with Gasteiger partial charge in [-0.1, -0.05) is 0 Å². The first-order valence-electron chi connectivity index (χ1n) is 4.34. The molecule has 0 amide bonds. The van der Waals surface area contributed by atoms with Crippen LogP contribution in [0.1, 0.15) is 19.8 Å². The maximum atomic E-state index is 12.8. The lowest BCUT2D eigenvalue weighted by molar-refractivity contribution is -0.171. The molecule has 17 heavy (non-hydrogen) atoms. The third-order valence-corrected chi connectivity index (χ3v) is 2.64. The zero-order chi connectivity index (χ0) is 13.9. The fraction of sp³-hybridized carbons (Fsp3) is 0.857. The zero-order valence-electron chi connectivity index (χ0n) is 8.62. The number of carbonyl (C=O) groups excluding carboxylic acids is 1. The predicted molar refractivity (Wildman–Crippen MR) is 47.3 cm³/mol. The molecule has 1 N–H and O–H groups in total. The van der Waals surface area contributed by atoms with Crippen molar-refractivity contribution in [1.29, 1.82) is 0 Å². The van der Waals surface area contributed by atoms with Gasteiger partial charge in [0.25, 0.3) is 0 Å². The summed E-state index contributed by atoms with van der Waals surface area (Å²) in [6, 6.07) is 0. The summed E-state index contributed by atoms with van der Waals surface area (Å²) >= 11 is 0. The lowest BCUT2D eigenvalue weighted by atomic mass is 10.2. The van der Waals surface area contributed by atoms with Gasteiger partial charge in [-0.25, -0.2) is 0 Å². The topological polar surface area (TPSA) is 80.7 Å². The maximum absolute atomic E-state index is 12.8. The van der Waals surface area contributed by atoms with Gasteiger partial charge in [-0.3, -0.25) is 9.35 Å². The highest BCUT2D eigenvalue weighted by Gasteiger charge is 2.65. The van der Waals surface area contributed by atoms with Crippen molar-refractivity contribution in [1.82, 2.24) is 0 Å². The molecule has 0 bridgehead atoms. The van der Waals surface area contributed by atoms with Gasteiger partial charge < -0.3 is 4.74 Å². The summed E-state index contributed by atoms with van der Waals surface area (Å²) in [4.78, 5) is 10.7. The van der Waals surface area contributed by atoms with Crippen LogP contribution >= 0.6 is 0 Å². The summed E-state index contributed by atoms with van der Waals surface area (Å²) < 4.78 is 83.2. The third kappa shape index (κ3) is 3.80. The Kier molecular flexibility index (Phi) is 4.90. The fourth-order valence-electron chi connectivity index (χ4n) is 0.826. The summed E-state index contributed by atoms with van der Waals surface area (Å²) in [6.45, 7) is 1.25. The van der Waals surface area contributed by atoms with E-state index in [0.29, 0.717) is 0 Å². The number of hydrogen-bond acceptors (Lipinski definition) is 4. The van der Waals surface area contributed by atoms with Gasteiger partial charge in [0.15, 0.2) is 0 Å². The number of halogens is 4. The van der Waals surface area contributed by atoms with Crippen LogP contribution in [-0.2, 0) is 19.6 Å². The van der Waals surface area contributed by atoms with Crippen molar-refractivity contribution in [3.05, 3.63) is 0 Å². The van der Waals surface area contributed by atoms with Crippen LogP contribution in [0.3, 0.4) is 0 Å². The summed E-state index contributed by atoms with van der Waals surface area (Å²) in [5, 5.41) is -5.65.